The number of ether oxygens (including phenoxy) is 1. The van der Waals surface area contributed by atoms with Crippen LogP contribution in [0.2, 0.25) is 0 Å². The molecule has 2 nitrogen and oxygen atoms in total. The van der Waals surface area contributed by atoms with E-state index in [2.05, 4.69) is 44.3 Å². The first-order valence-corrected chi connectivity index (χ1v) is 7.93. The third kappa shape index (κ3) is 3.35. The number of benzene rings is 1. The number of aryl methyl sites for hydroxylation is 1. The van der Waals surface area contributed by atoms with E-state index >= 15 is 0 Å². The standard InChI is InChI=1S/C18H29NO/c1-14(2)12-19-13-18(9-5-6-10-18)16-8-7-15(3)17(11-16)20-4/h7-8,11,14,19H,5-6,9-10,12-13H2,1-4H3. The van der Waals surface area contributed by atoms with Crippen molar-refractivity contribution >= 4 is 0 Å². The molecule has 0 amide bonds. The summed E-state index contributed by atoms with van der Waals surface area (Å²) in [6.45, 7) is 8.84. The third-order valence-corrected chi connectivity index (χ3v) is 4.60. The smallest absolute Gasteiger partial charge is 0.122 e. The Morgan fingerprint density at radius 1 is 1.25 bits per heavy atom. The fourth-order valence-corrected chi connectivity index (χ4v) is 3.37. The Labute approximate surface area is 123 Å². The lowest BCUT2D eigenvalue weighted by Crippen LogP contribution is -2.37. The monoisotopic (exact) mass is 275 g/mol. The van der Waals surface area contributed by atoms with Crippen molar-refractivity contribution in [1.82, 2.24) is 5.32 Å². The van der Waals surface area contributed by atoms with Gasteiger partial charge in [0.05, 0.1) is 7.11 Å². The topological polar surface area (TPSA) is 21.3 Å². The Balaban J connectivity index is 2.19. The molecular formula is C18H29NO. The molecule has 20 heavy (non-hydrogen) atoms. The van der Waals surface area contributed by atoms with E-state index in [0.29, 0.717) is 11.3 Å². The van der Waals surface area contributed by atoms with Gasteiger partial charge >= 0.3 is 0 Å². The van der Waals surface area contributed by atoms with Crippen LogP contribution < -0.4 is 10.1 Å². The summed E-state index contributed by atoms with van der Waals surface area (Å²) >= 11 is 0. The van der Waals surface area contributed by atoms with Gasteiger partial charge in [-0.15, -0.1) is 0 Å². The zero-order valence-corrected chi connectivity index (χ0v) is 13.5. The second-order valence-corrected chi connectivity index (χ2v) is 6.70. The molecule has 0 aliphatic heterocycles. The summed E-state index contributed by atoms with van der Waals surface area (Å²) in [4.78, 5) is 0. The molecule has 0 atom stereocenters. The van der Waals surface area contributed by atoms with Gasteiger partial charge < -0.3 is 10.1 Å². The quantitative estimate of drug-likeness (QED) is 0.845. The van der Waals surface area contributed by atoms with Gasteiger partial charge in [0.15, 0.2) is 0 Å². The van der Waals surface area contributed by atoms with Gasteiger partial charge in [0.25, 0.3) is 0 Å². The minimum Gasteiger partial charge on any atom is -0.496 e. The Bertz CT molecular complexity index is 433. The molecule has 0 bridgehead atoms. The van der Waals surface area contributed by atoms with Crippen LogP contribution in [-0.4, -0.2) is 20.2 Å². The van der Waals surface area contributed by atoms with Crippen molar-refractivity contribution in [1.29, 1.82) is 0 Å². The fraction of sp³-hybridized carbons (Fsp3) is 0.667. The van der Waals surface area contributed by atoms with Crippen LogP contribution in [0.3, 0.4) is 0 Å². The van der Waals surface area contributed by atoms with E-state index in [1.54, 1.807) is 7.11 Å². The van der Waals surface area contributed by atoms with Crippen LogP contribution in [0.25, 0.3) is 0 Å². The number of hydrogen-bond donors (Lipinski definition) is 1. The summed E-state index contributed by atoms with van der Waals surface area (Å²) in [5.74, 6) is 1.73. The van der Waals surface area contributed by atoms with E-state index in [1.807, 2.05) is 0 Å². The number of hydrogen-bond acceptors (Lipinski definition) is 2. The molecule has 1 fully saturated rings. The van der Waals surface area contributed by atoms with Crippen molar-refractivity contribution in [2.45, 2.75) is 51.9 Å². The molecule has 0 aromatic heterocycles. The lowest BCUT2D eigenvalue weighted by Gasteiger charge is -2.31. The molecule has 1 aromatic rings. The van der Waals surface area contributed by atoms with Crippen LogP contribution in [0.1, 0.15) is 50.7 Å². The lowest BCUT2D eigenvalue weighted by atomic mass is 9.78. The normalized spacial score (nSPS) is 17.6. The Hall–Kier alpha value is -1.02. The SMILES string of the molecule is COc1cc(C2(CNCC(C)C)CCCC2)ccc1C. The Kier molecular flexibility index (Phi) is 5.09. The average molecular weight is 275 g/mol. The maximum atomic E-state index is 5.51. The molecule has 0 heterocycles. The van der Waals surface area contributed by atoms with E-state index in [1.165, 1.54) is 36.8 Å². The van der Waals surface area contributed by atoms with Gasteiger partial charge in [0, 0.05) is 12.0 Å². The highest BCUT2D eigenvalue weighted by atomic mass is 16.5. The van der Waals surface area contributed by atoms with Crippen LogP contribution >= 0.6 is 0 Å². The summed E-state index contributed by atoms with van der Waals surface area (Å²) in [6, 6.07) is 6.77. The Morgan fingerprint density at radius 2 is 1.95 bits per heavy atom. The highest BCUT2D eigenvalue weighted by Gasteiger charge is 2.35. The molecular weight excluding hydrogens is 246 g/mol. The zero-order valence-electron chi connectivity index (χ0n) is 13.5. The van der Waals surface area contributed by atoms with Crippen LogP contribution in [0, 0.1) is 12.8 Å². The first-order chi connectivity index (χ1) is 9.57. The first-order valence-electron chi connectivity index (χ1n) is 7.93. The van der Waals surface area contributed by atoms with Crippen molar-refractivity contribution in [3.8, 4) is 5.75 Å². The van der Waals surface area contributed by atoms with Crippen LogP contribution in [0.15, 0.2) is 18.2 Å². The summed E-state index contributed by atoms with van der Waals surface area (Å²) < 4.78 is 5.51. The number of methoxy groups -OCH3 is 1. The number of nitrogens with one attached hydrogen (secondary N) is 1. The van der Waals surface area contributed by atoms with Gasteiger partial charge in [-0.05, 0) is 49.4 Å². The first kappa shape index (κ1) is 15.4. The predicted molar refractivity (Wildman–Crippen MR) is 85.6 cm³/mol. The van der Waals surface area contributed by atoms with Gasteiger partial charge in [-0.25, -0.2) is 0 Å². The van der Waals surface area contributed by atoms with Gasteiger partial charge in [0.1, 0.15) is 5.75 Å². The molecule has 1 N–H and O–H groups in total. The second kappa shape index (κ2) is 6.62. The van der Waals surface area contributed by atoms with Crippen LogP contribution in [0.4, 0.5) is 0 Å². The van der Waals surface area contributed by atoms with E-state index in [0.717, 1.165) is 18.8 Å². The zero-order chi connectivity index (χ0) is 14.6. The lowest BCUT2D eigenvalue weighted by molar-refractivity contribution is 0.383. The highest BCUT2D eigenvalue weighted by Crippen LogP contribution is 2.42. The third-order valence-electron chi connectivity index (χ3n) is 4.60. The van der Waals surface area contributed by atoms with Gasteiger partial charge in [-0.1, -0.05) is 38.8 Å². The second-order valence-electron chi connectivity index (χ2n) is 6.70. The van der Waals surface area contributed by atoms with Crippen LogP contribution in [0.5, 0.6) is 5.75 Å². The predicted octanol–water partition coefficient (Wildman–Crippen LogP) is 4.06. The van der Waals surface area contributed by atoms with Crippen molar-refractivity contribution in [2.24, 2.45) is 5.92 Å². The highest BCUT2D eigenvalue weighted by molar-refractivity contribution is 5.40. The van der Waals surface area contributed by atoms with Gasteiger partial charge in [-0.3, -0.25) is 0 Å². The summed E-state index contributed by atoms with van der Waals surface area (Å²) in [7, 11) is 1.77. The van der Waals surface area contributed by atoms with Gasteiger partial charge in [0.2, 0.25) is 0 Å². The average Bonchev–Trinajstić information content (AvgIpc) is 2.88. The molecule has 0 saturated heterocycles. The molecule has 1 aliphatic rings. The van der Waals surface area contributed by atoms with E-state index < -0.39 is 0 Å². The molecule has 2 heteroatoms. The molecule has 1 aliphatic carbocycles. The van der Waals surface area contributed by atoms with E-state index in [4.69, 9.17) is 4.74 Å². The Morgan fingerprint density at radius 3 is 2.55 bits per heavy atom. The molecule has 0 spiro atoms. The summed E-state index contributed by atoms with van der Waals surface area (Å²) in [6.07, 6.45) is 5.29. The van der Waals surface area contributed by atoms with Crippen LogP contribution in [-0.2, 0) is 5.41 Å². The minimum absolute atomic E-state index is 0.315. The molecule has 1 aromatic carbocycles. The molecule has 112 valence electrons. The largest absolute Gasteiger partial charge is 0.496 e. The van der Waals surface area contributed by atoms with Crippen molar-refractivity contribution in [3.05, 3.63) is 29.3 Å². The molecule has 0 unspecified atom stereocenters. The maximum Gasteiger partial charge on any atom is 0.122 e. The summed E-state index contributed by atoms with van der Waals surface area (Å²) in [5, 5.41) is 3.68. The van der Waals surface area contributed by atoms with Crippen molar-refractivity contribution in [2.75, 3.05) is 20.2 Å². The molecule has 0 radical (unpaired) electrons. The minimum atomic E-state index is 0.315. The molecule has 2 rings (SSSR count). The van der Waals surface area contributed by atoms with Crippen molar-refractivity contribution < 1.29 is 4.74 Å². The van der Waals surface area contributed by atoms with E-state index in [-0.39, 0.29) is 0 Å². The fourth-order valence-electron chi connectivity index (χ4n) is 3.37. The van der Waals surface area contributed by atoms with E-state index in [9.17, 15) is 0 Å². The number of rotatable bonds is 6. The molecule has 1 saturated carbocycles. The van der Waals surface area contributed by atoms with Crippen molar-refractivity contribution in [3.63, 3.8) is 0 Å². The van der Waals surface area contributed by atoms with Gasteiger partial charge in [-0.2, -0.15) is 0 Å². The maximum absolute atomic E-state index is 5.51. The summed E-state index contributed by atoms with van der Waals surface area (Å²) in [5.41, 5.74) is 2.99.